The fourth-order valence-corrected chi connectivity index (χ4v) is 2.27. The van der Waals surface area contributed by atoms with Gasteiger partial charge in [-0.3, -0.25) is 25.1 Å². The normalized spacial score (nSPS) is 11.0. The van der Waals surface area contributed by atoms with Crippen molar-refractivity contribution in [1.29, 1.82) is 0 Å². The highest BCUT2D eigenvalue weighted by Gasteiger charge is 2.29. The maximum Gasteiger partial charge on any atom is 0.321 e. The van der Waals surface area contributed by atoms with Crippen LogP contribution in [0.5, 0.6) is 11.5 Å². The van der Waals surface area contributed by atoms with E-state index in [0.29, 0.717) is 11.4 Å². The molecule has 0 amide bonds. The molecule has 13 nitrogen and oxygen atoms in total. The van der Waals surface area contributed by atoms with Crippen molar-refractivity contribution in [3.05, 3.63) is 61.8 Å². The minimum atomic E-state index is -0.861. The maximum absolute atomic E-state index is 11.5. The average Bonchev–Trinajstić information content (AvgIpc) is 2.70. The number of benzene rings is 2. The maximum atomic E-state index is 11.5. The third kappa shape index (κ3) is 4.77. The summed E-state index contributed by atoms with van der Waals surface area (Å²) in [5, 5.41) is 38.6. The summed E-state index contributed by atoms with van der Waals surface area (Å²) in [6.07, 6.45) is 0. The van der Waals surface area contributed by atoms with Gasteiger partial charge in [0.1, 0.15) is 17.5 Å². The van der Waals surface area contributed by atoms with E-state index in [0.717, 1.165) is 17.1 Å². The fourth-order valence-electron chi connectivity index (χ4n) is 2.27. The zero-order valence-electron chi connectivity index (χ0n) is 16.0. The van der Waals surface area contributed by atoms with Crippen LogP contribution in [0, 0.1) is 25.4 Å². The van der Waals surface area contributed by atoms with Crippen LogP contribution in [0.3, 0.4) is 0 Å². The van der Waals surface area contributed by atoms with Crippen LogP contribution >= 0.6 is 0 Å². The second kappa shape index (κ2) is 8.69. The number of nitrogens with zero attached hydrogens (tertiary/aromatic N) is 6. The number of nitro benzene ring substituents is 2. The van der Waals surface area contributed by atoms with E-state index in [1.54, 1.807) is 24.3 Å². The van der Waals surface area contributed by atoms with Gasteiger partial charge in [0.05, 0.1) is 36.0 Å². The Hall–Kier alpha value is -4.16. The molecule has 0 atom stereocenters. The summed E-state index contributed by atoms with van der Waals surface area (Å²) in [6.45, 7) is 0. The van der Waals surface area contributed by atoms with E-state index >= 15 is 0 Å². The van der Waals surface area contributed by atoms with Crippen LogP contribution < -0.4 is 14.5 Å². The summed E-state index contributed by atoms with van der Waals surface area (Å²) < 4.78 is 5.08. The standard InChI is InChI=1S/C16H18N6O7/c1-18(2)22(27)17-29-16-10-13(14(20(23)24)9-15(16)21(25)26)19(3)11-5-7-12(28-4)8-6-11/h5-10H,1-4H3/b22-17+. The van der Waals surface area contributed by atoms with Crippen molar-refractivity contribution < 1.29 is 24.4 Å². The number of anilines is 2. The molecule has 0 unspecified atom stereocenters. The van der Waals surface area contributed by atoms with Gasteiger partial charge in [-0.2, -0.15) is 5.01 Å². The smallest absolute Gasteiger partial charge is 0.321 e. The summed E-state index contributed by atoms with van der Waals surface area (Å²) in [7, 11) is 5.80. The number of rotatable bonds is 8. The van der Waals surface area contributed by atoms with Crippen LogP contribution in [0.15, 0.2) is 41.7 Å². The van der Waals surface area contributed by atoms with Crippen LogP contribution in [-0.2, 0) is 0 Å². The molecule has 0 aliphatic carbocycles. The van der Waals surface area contributed by atoms with Crippen molar-refractivity contribution in [1.82, 2.24) is 5.01 Å². The molecule has 0 aromatic heterocycles. The molecule has 0 saturated carbocycles. The molecular weight excluding hydrogens is 388 g/mol. The van der Waals surface area contributed by atoms with E-state index < -0.39 is 27.0 Å². The van der Waals surface area contributed by atoms with Gasteiger partial charge in [-0.05, 0) is 24.3 Å². The Labute approximate surface area is 164 Å². The van der Waals surface area contributed by atoms with Gasteiger partial charge in [0.15, 0.2) is 0 Å². The number of hydrogen-bond acceptors (Lipinski definition) is 9. The lowest BCUT2D eigenvalue weighted by atomic mass is 10.2. The Morgan fingerprint density at radius 1 is 0.931 bits per heavy atom. The summed E-state index contributed by atoms with van der Waals surface area (Å²) >= 11 is 0. The van der Waals surface area contributed by atoms with Crippen molar-refractivity contribution in [2.45, 2.75) is 0 Å². The average molecular weight is 406 g/mol. The van der Waals surface area contributed by atoms with Crippen LogP contribution in [-0.4, -0.2) is 48.1 Å². The molecule has 13 heteroatoms. The SMILES string of the molecule is COc1ccc(N(C)c2cc(O/N=[N+](/[O-])N(C)C)c([N+](=O)[O-])cc2[N+](=O)[O-])cc1. The molecule has 0 N–H and O–H groups in total. The molecule has 2 aromatic rings. The van der Waals surface area contributed by atoms with Gasteiger partial charge in [0.2, 0.25) is 11.0 Å². The van der Waals surface area contributed by atoms with E-state index in [1.807, 2.05) is 0 Å². The molecule has 0 fully saturated rings. The van der Waals surface area contributed by atoms with Gasteiger partial charge in [-0.15, -0.1) is 0 Å². The Morgan fingerprint density at radius 3 is 2.00 bits per heavy atom. The Kier molecular flexibility index (Phi) is 6.33. The summed E-state index contributed by atoms with van der Waals surface area (Å²) in [4.78, 5) is 27.6. The van der Waals surface area contributed by atoms with Crippen molar-refractivity contribution >= 4 is 22.7 Å². The van der Waals surface area contributed by atoms with Gasteiger partial charge in [-0.1, -0.05) is 0 Å². The predicted molar refractivity (Wildman–Crippen MR) is 101 cm³/mol. The Balaban J connectivity index is 2.59. The number of hydrogen-bond donors (Lipinski definition) is 0. The molecule has 0 bridgehead atoms. The summed E-state index contributed by atoms with van der Waals surface area (Å²) in [6, 6.07) is 8.45. The molecule has 154 valence electrons. The third-order valence-electron chi connectivity index (χ3n) is 3.82. The van der Waals surface area contributed by atoms with E-state index in [-0.39, 0.29) is 10.7 Å². The lowest BCUT2D eigenvalue weighted by molar-refractivity contribution is -0.695. The van der Waals surface area contributed by atoms with Gasteiger partial charge in [0.25, 0.3) is 5.69 Å². The number of hydrazine groups is 1. The van der Waals surface area contributed by atoms with Crippen molar-refractivity contribution in [3.63, 3.8) is 0 Å². The highest BCUT2D eigenvalue weighted by atomic mass is 16.7. The van der Waals surface area contributed by atoms with Crippen LogP contribution in [0.2, 0.25) is 0 Å². The van der Waals surface area contributed by atoms with E-state index in [2.05, 4.69) is 5.28 Å². The second-order valence-corrected chi connectivity index (χ2v) is 5.85. The fraction of sp³-hybridized carbons (Fsp3) is 0.250. The van der Waals surface area contributed by atoms with Gasteiger partial charge < -0.3 is 14.8 Å². The lowest BCUT2D eigenvalue weighted by Crippen LogP contribution is -2.21. The van der Waals surface area contributed by atoms with Gasteiger partial charge in [-0.25, -0.2) is 0 Å². The molecule has 0 heterocycles. The first-order valence-electron chi connectivity index (χ1n) is 8.02. The van der Waals surface area contributed by atoms with Crippen LogP contribution in [0.1, 0.15) is 0 Å². The first-order chi connectivity index (χ1) is 13.6. The quantitative estimate of drug-likeness (QED) is 0.279. The topological polar surface area (TPSA) is 150 Å². The van der Waals surface area contributed by atoms with Crippen molar-refractivity contribution in [2.75, 3.05) is 33.2 Å². The first-order valence-corrected chi connectivity index (χ1v) is 8.02. The summed E-state index contributed by atoms with van der Waals surface area (Å²) in [5.41, 5.74) is -0.684. The predicted octanol–water partition coefficient (Wildman–Crippen LogP) is 3.01. The zero-order valence-corrected chi connectivity index (χ0v) is 16.0. The largest absolute Gasteiger partial charge is 0.569 e. The van der Waals surface area contributed by atoms with E-state index in [9.17, 15) is 25.4 Å². The Bertz CT molecular complexity index is 946. The third-order valence-corrected chi connectivity index (χ3v) is 3.82. The van der Waals surface area contributed by atoms with E-state index in [4.69, 9.17) is 9.57 Å². The summed E-state index contributed by atoms with van der Waals surface area (Å²) in [5.74, 6) is 0.154. The molecular formula is C16H18N6O7. The first kappa shape index (κ1) is 21.1. The van der Waals surface area contributed by atoms with Crippen molar-refractivity contribution in [2.24, 2.45) is 5.28 Å². The number of ether oxygens (including phenoxy) is 1. The molecule has 0 saturated heterocycles. The number of nitro groups is 2. The molecule has 2 aromatic carbocycles. The van der Waals surface area contributed by atoms with Gasteiger partial charge in [0, 0.05) is 18.8 Å². The molecule has 29 heavy (non-hydrogen) atoms. The van der Waals surface area contributed by atoms with Crippen molar-refractivity contribution in [3.8, 4) is 11.5 Å². The molecule has 0 spiro atoms. The number of methoxy groups -OCH3 is 1. The monoisotopic (exact) mass is 406 g/mol. The Morgan fingerprint density at radius 2 is 1.52 bits per heavy atom. The second-order valence-electron chi connectivity index (χ2n) is 5.85. The highest BCUT2D eigenvalue weighted by molar-refractivity contribution is 5.76. The van der Waals surface area contributed by atoms with Gasteiger partial charge >= 0.3 is 5.69 Å². The van der Waals surface area contributed by atoms with Crippen LogP contribution in [0.25, 0.3) is 0 Å². The lowest BCUT2D eigenvalue weighted by Gasteiger charge is -2.20. The van der Waals surface area contributed by atoms with E-state index in [1.165, 1.54) is 33.2 Å². The zero-order chi connectivity index (χ0) is 21.7. The molecule has 0 radical (unpaired) electrons. The minimum Gasteiger partial charge on any atom is -0.569 e. The van der Waals surface area contributed by atoms with Crippen LogP contribution in [0.4, 0.5) is 22.7 Å². The molecule has 2 rings (SSSR count). The molecule has 0 aliphatic heterocycles. The minimum absolute atomic E-state index is 0.00160. The highest BCUT2D eigenvalue weighted by Crippen LogP contribution is 2.41. The molecule has 0 aliphatic rings.